The van der Waals surface area contributed by atoms with Crippen LogP contribution in [0.1, 0.15) is 18.6 Å². The highest BCUT2D eigenvalue weighted by molar-refractivity contribution is 5.81. The van der Waals surface area contributed by atoms with Crippen LogP contribution in [0, 0.1) is 5.92 Å². The Kier molecular flexibility index (Phi) is 4.56. The number of fused-ring (bicyclic) bond motifs is 1. The number of ether oxygens (including phenoxy) is 1. The summed E-state index contributed by atoms with van der Waals surface area (Å²) in [5.74, 6) is 0.394. The van der Waals surface area contributed by atoms with Crippen LogP contribution in [0.2, 0.25) is 0 Å². The highest BCUT2D eigenvalue weighted by Gasteiger charge is 2.44. The number of carbonyl (C=O) groups is 2. The largest absolute Gasteiger partial charge is 0.467 e. The van der Waals surface area contributed by atoms with Gasteiger partial charge in [0.1, 0.15) is 5.76 Å². The van der Waals surface area contributed by atoms with Crippen molar-refractivity contribution < 1.29 is 18.7 Å². The number of likely N-dealkylation sites (tertiary alicyclic amines) is 1. The van der Waals surface area contributed by atoms with Gasteiger partial charge in [-0.3, -0.25) is 4.79 Å². The van der Waals surface area contributed by atoms with Gasteiger partial charge in [-0.1, -0.05) is 0 Å². The van der Waals surface area contributed by atoms with Gasteiger partial charge in [-0.05, 0) is 25.0 Å². The van der Waals surface area contributed by atoms with Crippen LogP contribution in [-0.4, -0.2) is 61.1 Å². The van der Waals surface area contributed by atoms with Crippen LogP contribution in [0.4, 0.5) is 4.79 Å². The van der Waals surface area contributed by atoms with Gasteiger partial charge in [0.25, 0.3) is 0 Å². The monoisotopic (exact) mass is 321 g/mol. The molecule has 7 heteroatoms. The summed E-state index contributed by atoms with van der Waals surface area (Å²) < 4.78 is 11.0. The summed E-state index contributed by atoms with van der Waals surface area (Å²) in [5.41, 5.74) is 0. The molecule has 3 amide bonds. The minimum absolute atomic E-state index is 0.0491. The molecule has 0 spiro atoms. The third-order valence-corrected chi connectivity index (χ3v) is 4.52. The van der Waals surface area contributed by atoms with E-state index in [1.165, 1.54) is 0 Å². The zero-order valence-electron chi connectivity index (χ0n) is 13.5. The quantitative estimate of drug-likeness (QED) is 0.903. The van der Waals surface area contributed by atoms with E-state index in [1.54, 1.807) is 36.2 Å². The molecule has 3 heterocycles. The maximum Gasteiger partial charge on any atom is 0.319 e. The summed E-state index contributed by atoms with van der Waals surface area (Å²) in [5, 5.41) is 2.88. The number of rotatable bonds is 3. The Labute approximate surface area is 135 Å². The molecule has 0 radical (unpaired) electrons. The first kappa shape index (κ1) is 15.9. The van der Waals surface area contributed by atoms with Crippen molar-refractivity contribution >= 4 is 11.9 Å². The topological polar surface area (TPSA) is 75.0 Å². The van der Waals surface area contributed by atoms with Gasteiger partial charge in [0, 0.05) is 27.2 Å². The van der Waals surface area contributed by atoms with Crippen molar-refractivity contribution in [3.8, 4) is 0 Å². The maximum absolute atomic E-state index is 12.5. The number of carbonyl (C=O) groups excluding carboxylic acids is 2. The molecule has 0 aliphatic carbocycles. The average molecular weight is 321 g/mol. The zero-order chi connectivity index (χ0) is 16.4. The van der Waals surface area contributed by atoms with Gasteiger partial charge in [0.2, 0.25) is 5.91 Å². The number of piperidine rings is 1. The molecule has 0 bridgehead atoms. The summed E-state index contributed by atoms with van der Waals surface area (Å²) in [6.45, 7) is 1.44. The van der Waals surface area contributed by atoms with E-state index in [1.807, 2.05) is 6.07 Å². The first-order valence-electron chi connectivity index (χ1n) is 7.96. The molecule has 2 aliphatic heterocycles. The maximum atomic E-state index is 12.5. The first-order valence-corrected chi connectivity index (χ1v) is 7.96. The summed E-state index contributed by atoms with van der Waals surface area (Å²) in [4.78, 5) is 28.2. The lowest BCUT2D eigenvalue weighted by molar-refractivity contribution is -0.129. The van der Waals surface area contributed by atoms with Crippen molar-refractivity contribution in [1.82, 2.24) is 15.1 Å². The summed E-state index contributed by atoms with van der Waals surface area (Å²) in [6, 6.07) is 3.63. The van der Waals surface area contributed by atoms with Gasteiger partial charge in [0.05, 0.1) is 30.9 Å². The number of nitrogens with zero attached hydrogens (tertiary/aromatic N) is 2. The molecule has 1 aromatic heterocycles. The second-order valence-corrected chi connectivity index (χ2v) is 6.32. The van der Waals surface area contributed by atoms with E-state index in [0.29, 0.717) is 31.9 Å². The Balaban J connectivity index is 1.65. The summed E-state index contributed by atoms with van der Waals surface area (Å²) in [7, 11) is 3.46. The van der Waals surface area contributed by atoms with Gasteiger partial charge in [-0.15, -0.1) is 0 Å². The molecule has 3 rings (SSSR count). The van der Waals surface area contributed by atoms with Crippen LogP contribution in [0.5, 0.6) is 0 Å². The fourth-order valence-corrected chi connectivity index (χ4v) is 3.35. The molecule has 2 saturated heterocycles. The normalized spacial score (nSPS) is 26.7. The van der Waals surface area contributed by atoms with Crippen molar-refractivity contribution in [3.05, 3.63) is 24.2 Å². The van der Waals surface area contributed by atoms with Crippen molar-refractivity contribution in [2.24, 2.45) is 5.92 Å². The molecule has 1 N–H and O–H groups in total. The van der Waals surface area contributed by atoms with E-state index >= 15 is 0 Å². The predicted octanol–water partition coefficient (Wildman–Crippen LogP) is 1.06. The van der Waals surface area contributed by atoms with E-state index in [9.17, 15) is 9.59 Å². The smallest absolute Gasteiger partial charge is 0.319 e. The van der Waals surface area contributed by atoms with E-state index in [-0.39, 0.29) is 30.0 Å². The fourth-order valence-electron chi connectivity index (χ4n) is 3.35. The van der Waals surface area contributed by atoms with E-state index < -0.39 is 0 Å². The summed E-state index contributed by atoms with van der Waals surface area (Å²) in [6.07, 6.45) is 3.03. The third kappa shape index (κ3) is 3.34. The SMILES string of the molecule is CN(C)C(=O)N1C[C@H](C(=O)NCc2ccco2)C[C@@H]2OCC[C@@H]21. The molecule has 2 aliphatic rings. The Morgan fingerprint density at radius 3 is 2.96 bits per heavy atom. The molecular formula is C16H23N3O4. The number of amides is 3. The lowest BCUT2D eigenvalue weighted by Gasteiger charge is -2.41. The Bertz CT molecular complexity index is 558. The van der Waals surface area contributed by atoms with Gasteiger partial charge < -0.3 is 24.3 Å². The number of hydrogen-bond acceptors (Lipinski definition) is 4. The van der Waals surface area contributed by atoms with E-state index in [0.717, 1.165) is 6.42 Å². The van der Waals surface area contributed by atoms with Crippen LogP contribution in [0.3, 0.4) is 0 Å². The fraction of sp³-hybridized carbons (Fsp3) is 0.625. The number of urea groups is 1. The van der Waals surface area contributed by atoms with E-state index in [4.69, 9.17) is 9.15 Å². The van der Waals surface area contributed by atoms with Crippen LogP contribution in [0.25, 0.3) is 0 Å². The van der Waals surface area contributed by atoms with Crippen LogP contribution in [0.15, 0.2) is 22.8 Å². The predicted molar refractivity (Wildman–Crippen MR) is 82.6 cm³/mol. The van der Waals surface area contributed by atoms with Crippen molar-refractivity contribution in [3.63, 3.8) is 0 Å². The van der Waals surface area contributed by atoms with Crippen LogP contribution in [-0.2, 0) is 16.1 Å². The highest BCUT2D eigenvalue weighted by atomic mass is 16.5. The molecular weight excluding hydrogens is 298 g/mol. The van der Waals surface area contributed by atoms with Crippen LogP contribution >= 0.6 is 0 Å². The molecule has 23 heavy (non-hydrogen) atoms. The molecule has 0 unspecified atom stereocenters. The molecule has 3 atom stereocenters. The molecule has 7 nitrogen and oxygen atoms in total. The standard InChI is InChI=1S/C16H23N3O4/c1-18(2)16(21)19-10-11(8-14-13(19)5-7-23-14)15(20)17-9-12-4-3-6-22-12/h3-4,6,11,13-14H,5,7-10H2,1-2H3,(H,17,20)/t11-,13+,14+/m1/s1. The van der Waals surface area contributed by atoms with Crippen molar-refractivity contribution in [2.45, 2.75) is 31.5 Å². The Morgan fingerprint density at radius 1 is 1.43 bits per heavy atom. The zero-order valence-corrected chi connectivity index (χ0v) is 13.5. The molecule has 0 aromatic carbocycles. The van der Waals surface area contributed by atoms with Crippen LogP contribution < -0.4 is 5.32 Å². The second-order valence-electron chi connectivity index (χ2n) is 6.32. The lowest BCUT2D eigenvalue weighted by Crippen LogP contribution is -2.57. The van der Waals surface area contributed by atoms with Crippen molar-refractivity contribution in [2.75, 3.05) is 27.2 Å². The summed E-state index contributed by atoms with van der Waals surface area (Å²) >= 11 is 0. The van der Waals surface area contributed by atoms with Gasteiger partial charge >= 0.3 is 6.03 Å². The lowest BCUT2D eigenvalue weighted by atomic mass is 9.89. The first-order chi connectivity index (χ1) is 11.1. The molecule has 1 aromatic rings. The number of hydrogen-bond donors (Lipinski definition) is 1. The Morgan fingerprint density at radius 2 is 2.26 bits per heavy atom. The number of furan rings is 1. The minimum Gasteiger partial charge on any atom is -0.467 e. The van der Waals surface area contributed by atoms with E-state index in [2.05, 4.69) is 5.32 Å². The minimum atomic E-state index is -0.256. The Hall–Kier alpha value is -2.02. The second kappa shape index (κ2) is 6.62. The van der Waals surface area contributed by atoms with Crippen molar-refractivity contribution in [1.29, 1.82) is 0 Å². The van der Waals surface area contributed by atoms with Gasteiger partial charge in [-0.25, -0.2) is 4.79 Å². The number of nitrogens with one attached hydrogen (secondary N) is 1. The van der Waals surface area contributed by atoms with Gasteiger partial charge in [0.15, 0.2) is 0 Å². The molecule has 126 valence electrons. The average Bonchev–Trinajstić information content (AvgIpc) is 3.21. The highest BCUT2D eigenvalue weighted by Crippen LogP contribution is 2.32. The molecule has 2 fully saturated rings. The molecule has 0 saturated carbocycles. The van der Waals surface area contributed by atoms with Gasteiger partial charge in [-0.2, -0.15) is 0 Å². The third-order valence-electron chi connectivity index (χ3n) is 4.52.